The van der Waals surface area contributed by atoms with E-state index in [9.17, 15) is 9.90 Å². The van der Waals surface area contributed by atoms with Crippen LogP contribution < -0.4 is 0 Å². The number of hydrogen-bond donors (Lipinski definition) is 1. The number of carbonyl (C=O) groups excluding carboxylic acids is 1. The summed E-state index contributed by atoms with van der Waals surface area (Å²) < 4.78 is 5.21. The molecule has 0 saturated carbocycles. The Kier molecular flexibility index (Phi) is 4.98. The fourth-order valence-corrected chi connectivity index (χ4v) is 2.39. The van der Waals surface area contributed by atoms with Crippen LogP contribution in [0.4, 0.5) is 0 Å². The molecule has 118 valence electrons. The molecule has 1 atom stereocenters. The second kappa shape index (κ2) is 6.56. The van der Waals surface area contributed by atoms with E-state index in [4.69, 9.17) is 4.52 Å². The number of likely N-dealkylation sites (tertiary alicyclic amines) is 1. The van der Waals surface area contributed by atoms with Crippen LogP contribution >= 0.6 is 0 Å². The number of rotatable bonds is 4. The van der Waals surface area contributed by atoms with Gasteiger partial charge in [-0.2, -0.15) is 4.98 Å². The average Bonchev–Trinajstić information content (AvgIpc) is 2.87. The van der Waals surface area contributed by atoms with Gasteiger partial charge < -0.3 is 14.5 Å². The largest absolute Gasteiger partial charge is 0.391 e. The van der Waals surface area contributed by atoms with Gasteiger partial charge >= 0.3 is 0 Å². The molecule has 1 N–H and O–H groups in total. The highest BCUT2D eigenvalue weighted by molar-refractivity contribution is 5.76. The molecule has 1 saturated heterocycles. The first-order valence-electron chi connectivity index (χ1n) is 7.65. The minimum absolute atomic E-state index is 0.101. The molecular weight excluding hydrogens is 270 g/mol. The first-order chi connectivity index (χ1) is 9.86. The third-order valence-electron chi connectivity index (χ3n) is 3.67. The van der Waals surface area contributed by atoms with Crippen molar-refractivity contribution in [3.05, 3.63) is 11.7 Å². The number of amides is 1. The van der Waals surface area contributed by atoms with Crippen LogP contribution in [0.15, 0.2) is 4.52 Å². The number of aryl methyl sites for hydroxylation is 1. The highest BCUT2D eigenvalue weighted by Crippen LogP contribution is 2.19. The SMILES string of the molecule is CC(C)(C)c1noc(CCCC(=O)N2CCCC(O)C2)n1. The standard InChI is InChI=1S/C15H25N3O3/c1-15(2,3)14-16-12(21-17-14)7-4-8-13(20)18-9-5-6-11(19)10-18/h11,19H,4-10H2,1-3H3. The molecule has 1 unspecified atom stereocenters. The predicted molar refractivity (Wildman–Crippen MR) is 77.8 cm³/mol. The van der Waals surface area contributed by atoms with Gasteiger partial charge in [-0.3, -0.25) is 4.79 Å². The van der Waals surface area contributed by atoms with Crippen LogP contribution in [-0.2, 0) is 16.6 Å². The minimum atomic E-state index is -0.368. The summed E-state index contributed by atoms with van der Waals surface area (Å²) >= 11 is 0. The van der Waals surface area contributed by atoms with Gasteiger partial charge in [0.15, 0.2) is 5.82 Å². The van der Waals surface area contributed by atoms with E-state index in [0.29, 0.717) is 37.5 Å². The fraction of sp³-hybridized carbons (Fsp3) is 0.800. The summed E-state index contributed by atoms with van der Waals surface area (Å²) in [7, 11) is 0. The van der Waals surface area contributed by atoms with Crippen LogP contribution in [0, 0.1) is 0 Å². The van der Waals surface area contributed by atoms with Crippen LogP contribution in [0.3, 0.4) is 0 Å². The fourth-order valence-electron chi connectivity index (χ4n) is 2.39. The van der Waals surface area contributed by atoms with Crippen molar-refractivity contribution in [1.29, 1.82) is 0 Å². The molecule has 21 heavy (non-hydrogen) atoms. The first kappa shape index (κ1) is 15.9. The zero-order chi connectivity index (χ0) is 15.5. The molecule has 1 aliphatic rings. The van der Waals surface area contributed by atoms with Crippen molar-refractivity contribution in [1.82, 2.24) is 15.0 Å². The van der Waals surface area contributed by atoms with Gasteiger partial charge in [-0.15, -0.1) is 0 Å². The van der Waals surface area contributed by atoms with Crippen molar-refractivity contribution < 1.29 is 14.4 Å². The monoisotopic (exact) mass is 295 g/mol. The number of aliphatic hydroxyl groups excluding tert-OH is 1. The average molecular weight is 295 g/mol. The van der Waals surface area contributed by atoms with Gasteiger partial charge in [-0.25, -0.2) is 0 Å². The summed E-state index contributed by atoms with van der Waals surface area (Å²) in [5.74, 6) is 1.39. The van der Waals surface area contributed by atoms with Crippen LogP contribution in [0.2, 0.25) is 0 Å². The van der Waals surface area contributed by atoms with Gasteiger partial charge in [-0.05, 0) is 19.3 Å². The molecule has 6 nitrogen and oxygen atoms in total. The number of carbonyl (C=O) groups is 1. The molecule has 2 rings (SSSR count). The maximum absolute atomic E-state index is 12.0. The predicted octanol–water partition coefficient (Wildman–Crippen LogP) is 1.67. The molecule has 1 aromatic rings. The lowest BCUT2D eigenvalue weighted by atomic mass is 9.96. The van der Waals surface area contributed by atoms with Crippen molar-refractivity contribution in [2.24, 2.45) is 0 Å². The molecule has 6 heteroatoms. The second-order valence-corrected chi connectivity index (χ2v) is 6.75. The highest BCUT2D eigenvalue weighted by Gasteiger charge is 2.23. The maximum atomic E-state index is 12.0. The summed E-state index contributed by atoms with van der Waals surface area (Å²) in [6, 6.07) is 0. The lowest BCUT2D eigenvalue weighted by Gasteiger charge is -2.30. The van der Waals surface area contributed by atoms with Gasteiger partial charge in [0.25, 0.3) is 0 Å². The molecule has 1 aliphatic heterocycles. The Morgan fingerprint density at radius 1 is 1.48 bits per heavy atom. The Bertz CT molecular complexity index is 479. The molecule has 0 aromatic carbocycles. The van der Waals surface area contributed by atoms with Gasteiger partial charge in [0.2, 0.25) is 11.8 Å². The first-order valence-corrected chi connectivity index (χ1v) is 7.65. The molecule has 1 fully saturated rings. The van der Waals surface area contributed by atoms with Gasteiger partial charge in [0.1, 0.15) is 0 Å². The van der Waals surface area contributed by atoms with Crippen molar-refractivity contribution in [2.45, 2.75) is 64.4 Å². The van der Waals surface area contributed by atoms with Gasteiger partial charge in [-0.1, -0.05) is 25.9 Å². The number of nitrogens with zero attached hydrogens (tertiary/aromatic N) is 3. The topological polar surface area (TPSA) is 79.5 Å². The Balaban J connectivity index is 1.76. The molecule has 2 heterocycles. The lowest BCUT2D eigenvalue weighted by Crippen LogP contribution is -2.42. The van der Waals surface area contributed by atoms with Gasteiger partial charge in [0.05, 0.1) is 6.10 Å². The lowest BCUT2D eigenvalue weighted by molar-refractivity contribution is -0.134. The van der Waals surface area contributed by atoms with Crippen LogP contribution in [0.25, 0.3) is 0 Å². The normalized spacial score (nSPS) is 19.8. The third kappa shape index (κ3) is 4.52. The Labute approximate surface area is 125 Å². The number of β-amino-alcohol motifs (C(OH)–C–C–N with tert-alkyl or cyclic N) is 1. The van der Waals surface area contributed by atoms with Crippen molar-refractivity contribution in [2.75, 3.05) is 13.1 Å². The van der Waals surface area contributed by atoms with Crippen molar-refractivity contribution in [3.63, 3.8) is 0 Å². The van der Waals surface area contributed by atoms with Crippen LogP contribution in [-0.4, -0.2) is 45.2 Å². The minimum Gasteiger partial charge on any atom is -0.391 e. The smallest absolute Gasteiger partial charge is 0.226 e. The van der Waals surface area contributed by atoms with E-state index in [1.807, 2.05) is 20.8 Å². The van der Waals surface area contributed by atoms with E-state index >= 15 is 0 Å². The third-order valence-corrected chi connectivity index (χ3v) is 3.67. The molecule has 1 amide bonds. The molecule has 0 bridgehead atoms. The number of hydrogen-bond acceptors (Lipinski definition) is 5. The number of aromatic nitrogens is 2. The van der Waals surface area contributed by atoms with Gasteiger partial charge in [0, 0.05) is 31.3 Å². The van der Waals surface area contributed by atoms with E-state index < -0.39 is 0 Å². The summed E-state index contributed by atoms with van der Waals surface area (Å²) in [5.41, 5.74) is -0.124. The summed E-state index contributed by atoms with van der Waals surface area (Å²) in [6.07, 6.45) is 3.07. The number of piperidine rings is 1. The van der Waals surface area contributed by atoms with E-state index in [0.717, 1.165) is 19.4 Å². The van der Waals surface area contributed by atoms with E-state index in [2.05, 4.69) is 10.1 Å². The summed E-state index contributed by atoms with van der Waals surface area (Å²) in [5, 5.41) is 13.6. The van der Waals surface area contributed by atoms with E-state index in [1.165, 1.54) is 0 Å². The molecular formula is C15H25N3O3. The summed E-state index contributed by atoms with van der Waals surface area (Å²) in [4.78, 5) is 18.2. The molecule has 1 aromatic heterocycles. The van der Waals surface area contributed by atoms with E-state index in [-0.39, 0.29) is 17.4 Å². The van der Waals surface area contributed by atoms with Crippen molar-refractivity contribution in [3.8, 4) is 0 Å². The molecule has 0 radical (unpaired) electrons. The highest BCUT2D eigenvalue weighted by atomic mass is 16.5. The number of aliphatic hydroxyl groups is 1. The quantitative estimate of drug-likeness (QED) is 0.914. The molecule has 0 aliphatic carbocycles. The molecule has 0 spiro atoms. The van der Waals surface area contributed by atoms with E-state index in [1.54, 1.807) is 4.90 Å². The van der Waals surface area contributed by atoms with Crippen LogP contribution in [0.1, 0.15) is 58.2 Å². The van der Waals surface area contributed by atoms with Crippen LogP contribution in [0.5, 0.6) is 0 Å². The van der Waals surface area contributed by atoms with Crippen molar-refractivity contribution >= 4 is 5.91 Å². The zero-order valence-electron chi connectivity index (χ0n) is 13.1. The summed E-state index contributed by atoms with van der Waals surface area (Å²) in [6.45, 7) is 7.32. The maximum Gasteiger partial charge on any atom is 0.226 e. The zero-order valence-corrected chi connectivity index (χ0v) is 13.1. The Morgan fingerprint density at radius 2 is 2.24 bits per heavy atom. The Morgan fingerprint density at radius 3 is 2.86 bits per heavy atom. The Hall–Kier alpha value is -1.43. The second-order valence-electron chi connectivity index (χ2n) is 6.75.